The standard InChI is InChI=1S/C20H26O6/c1-12(2)5-4-6-13(3)7-9-15-16(21)11-14(8-10-17(22)23)18(19(15)24)20(25)26/h5,7,11,21,24H,4,6,8-10H2,1-3H3,(H,22,23)(H,25,26)/b13-7+. The molecule has 0 unspecified atom stereocenters. The number of carboxylic acids is 2. The van der Waals surface area contributed by atoms with Gasteiger partial charge in [0.15, 0.2) is 0 Å². The third-order valence-electron chi connectivity index (χ3n) is 4.03. The quantitative estimate of drug-likeness (QED) is 0.493. The highest BCUT2D eigenvalue weighted by molar-refractivity contribution is 5.94. The first-order valence-corrected chi connectivity index (χ1v) is 8.44. The van der Waals surface area contributed by atoms with Crippen molar-refractivity contribution in [2.75, 3.05) is 0 Å². The van der Waals surface area contributed by atoms with Gasteiger partial charge in [0.2, 0.25) is 0 Å². The van der Waals surface area contributed by atoms with E-state index in [2.05, 4.69) is 6.08 Å². The Morgan fingerprint density at radius 2 is 1.69 bits per heavy atom. The Kier molecular flexibility index (Phi) is 7.90. The van der Waals surface area contributed by atoms with Crippen molar-refractivity contribution < 1.29 is 30.0 Å². The Balaban J connectivity index is 3.09. The number of aliphatic carboxylic acids is 1. The normalized spacial score (nSPS) is 11.3. The van der Waals surface area contributed by atoms with Gasteiger partial charge in [-0.1, -0.05) is 23.3 Å². The van der Waals surface area contributed by atoms with E-state index in [9.17, 15) is 24.9 Å². The molecule has 6 heteroatoms. The number of aromatic hydroxyl groups is 2. The third kappa shape index (κ3) is 6.27. The van der Waals surface area contributed by atoms with E-state index in [0.717, 1.165) is 18.4 Å². The van der Waals surface area contributed by atoms with Crippen LogP contribution in [-0.2, 0) is 17.6 Å². The molecule has 1 rings (SSSR count). The van der Waals surface area contributed by atoms with E-state index >= 15 is 0 Å². The topological polar surface area (TPSA) is 115 Å². The second-order valence-corrected chi connectivity index (χ2v) is 6.53. The number of phenols is 2. The minimum absolute atomic E-state index is 0.0874. The van der Waals surface area contributed by atoms with Crippen molar-refractivity contribution in [3.8, 4) is 11.5 Å². The SMILES string of the molecule is CC(C)=CCC/C(C)=C/Cc1c(O)cc(CCC(=O)O)c(C(=O)O)c1O. The zero-order valence-corrected chi connectivity index (χ0v) is 15.4. The van der Waals surface area contributed by atoms with Crippen LogP contribution in [0.4, 0.5) is 0 Å². The van der Waals surface area contributed by atoms with Crippen LogP contribution in [0.1, 0.15) is 61.5 Å². The zero-order valence-electron chi connectivity index (χ0n) is 15.4. The molecule has 0 fully saturated rings. The number of benzene rings is 1. The summed E-state index contributed by atoms with van der Waals surface area (Å²) in [6, 6.07) is 1.23. The molecule has 0 aliphatic heterocycles. The minimum Gasteiger partial charge on any atom is -0.508 e. The van der Waals surface area contributed by atoms with Gasteiger partial charge in [-0.2, -0.15) is 0 Å². The Hall–Kier alpha value is -2.76. The van der Waals surface area contributed by atoms with E-state index in [0.29, 0.717) is 0 Å². The van der Waals surface area contributed by atoms with Crippen molar-refractivity contribution in [1.82, 2.24) is 0 Å². The van der Waals surface area contributed by atoms with Crippen molar-refractivity contribution in [3.63, 3.8) is 0 Å². The van der Waals surface area contributed by atoms with Crippen LogP contribution >= 0.6 is 0 Å². The van der Waals surface area contributed by atoms with Crippen molar-refractivity contribution in [3.05, 3.63) is 46.1 Å². The number of allylic oxidation sites excluding steroid dienone is 4. The molecule has 0 atom stereocenters. The minimum atomic E-state index is -1.35. The molecule has 142 valence electrons. The zero-order chi connectivity index (χ0) is 19.9. The summed E-state index contributed by atoms with van der Waals surface area (Å²) in [6.45, 7) is 5.98. The molecule has 0 aromatic heterocycles. The average Bonchev–Trinajstić information content (AvgIpc) is 2.51. The molecule has 0 bridgehead atoms. The Morgan fingerprint density at radius 1 is 1.04 bits per heavy atom. The summed E-state index contributed by atoms with van der Waals surface area (Å²) in [4.78, 5) is 22.2. The first kappa shape index (κ1) is 21.3. The number of hydrogen-bond acceptors (Lipinski definition) is 4. The highest BCUT2D eigenvalue weighted by Gasteiger charge is 2.22. The van der Waals surface area contributed by atoms with Gasteiger partial charge in [0.1, 0.15) is 17.1 Å². The maximum Gasteiger partial charge on any atom is 0.339 e. The molecular weight excluding hydrogens is 336 g/mol. The molecule has 4 N–H and O–H groups in total. The highest BCUT2D eigenvalue weighted by Crippen LogP contribution is 2.35. The number of aromatic carboxylic acids is 1. The van der Waals surface area contributed by atoms with Crippen LogP contribution < -0.4 is 0 Å². The van der Waals surface area contributed by atoms with Crippen molar-refractivity contribution in [1.29, 1.82) is 0 Å². The summed E-state index contributed by atoms with van der Waals surface area (Å²) in [7, 11) is 0. The van der Waals surface area contributed by atoms with Crippen molar-refractivity contribution in [2.45, 2.75) is 52.9 Å². The second kappa shape index (κ2) is 9.65. The molecule has 0 saturated heterocycles. The van der Waals surface area contributed by atoms with Gasteiger partial charge in [-0.15, -0.1) is 0 Å². The number of hydrogen-bond donors (Lipinski definition) is 4. The molecule has 0 radical (unpaired) electrons. The summed E-state index contributed by atoms with van der Waals surface area (Å²) in [5, 5.41) is 38.6. The lowest BCUT2D eigenvalue weighted by molar-refractivity contribution is -0.136. The lowest BCUT2D eigenvalue weighted by Gasteiger charge is -2.13. The van der Waals surface area contributed by atoms with Crippen LogP contribution in [0.3, 0.4) is 0 Å². The first-order valence-electron chi connectivity index (χ1n) is 8.44. The van der Waals surface area contributed by atoms with Gasteiger partial charge in [0, 0.05) is 12.0 Å². The number of rotatable bonds is 9. The fourth-order valence-corrected chi connectivity index (χ4v) is 2.59. The van der Waals surface area contributed by atoms with E-state index in [-0.39, 0.29) is 41.7 Å². The lowest BCUT2D eigenvalue weighted by atomic mass is 9.95. The van der Waals surface area contributed by atoms with E-state index in [1.165, 1.54) is 11.6 Å². The van der Waals surface area contributed by atoms with Gasteiger partial charge in [0.25, 0.3) is 0 Å². The van der Waals surface area contributed by atoms with E-state index in [1.54, 1.807) is 0 Å². The lowest BCUT2D eigenvalue weighted by Crippen LogP contribution is -2.07. The molecule has 26 heavy (non-hydrogen) atoms. The molecule has 0 heterocycles. The predicted octanol–water partition coefficient (Wildman–Crippen LogP) is 4.05. The van der Waals surface area contributed by atoms with Crippen molar-refractivity contribution in [2.24, 2.45) is 0 Å². The number of phenolic OH excluding ortho intramolecular Hbond substituents is 1. The molecule has 0 amide bonds. The van der Waals surface area contributed by atoms with Gasteiger partial charge in [-0.3, -0.25) is 4.79 Å². The molecule has 6 nitrogen and oxygen atoms in total. The van der Waals surface area contributed by atoms with E-state index in [1.807, 2.05) is 26.8 Å². The highest BCUT2D eigenvalue weighted by atomic mass is 16.4. The molecule has 0 aliphatic carbocycles. The van der Waals surface area contributed by atoms with Crippen LogP contribution in [0.2, 0.25) is 0 Å². The molecule has 0 aliphatic rings. The number of carbonyl (C=O) groups is 2. The summed E-state index contributed by atoms with van der Waals surface area (Å²) < 4.78 is 0. The summed E-state index contributed by atoms with van der Waals surface area (Å²) in [5.41, 5.74) is 2.17. The molecule has 0 spiro atoms. The Labute approximate surface area is 153 Å². The van der Waals surface area contributed by atoms with E-state index < -0.39 is 17.7 Å². The summed E-state index contributed by atoms with van der Waals surface area (Å²) >= 11 is 0. The van der Waals surface area contributed by atoms with Crippen LogP contribution in [0, 0.1) is 0 Å². The van der Waals surface area contributed by atoms with Crippen LogP contribution in [-0.4, -0.2) is 32.4 Å². The fourth-order valence-electron chi connectivity index (χ4n) is 2.59. The van der Waals surface area contributed by atoms with E-state index in [4.69, 9.17) is 5.11 Å². The summed E-state index contributed by atoms with van der Waals surface area (Å²) in [5.74, 6) is -3.18. The van der Waals surface area contributed by atoms with Crippen LogP contribution in [0.5, 0.6) is 11.5 Å². The van der Waals surface area contributed by atoms with Gasteiger partial charge >= 0.3 is 11.9 Å². The van der Waals surface area contributed by atoms with Gasteiger partial charge in [-0.05, 0) is 58.1 Å². The number of carboxylic acid groups (broad SMARTS) is 2. The van der Waals surface area contributed by atoms with Crippen LogP contribution in [0.15, 0.2) is 29.4 Å². The average molecular weight is 362 g/mol. The van der Waals surface area contributed by atoms with Gasteiger partial charge < -0.3 is 20.4 Å². The maximum absolute atomic E-state index is 11.5. The largest absolute Gasteiger partial charge is 0.508 e. The molecule has 1 aromatic rings. The van der Waals surface area contributed by atoms with Crippen molar-refractivity contribution >= 4 is 11.9 Å². The van der Waals surface area contributed by atoms with Crippen LogP contribution in [0.25, 0.3) is 0 Å². The molecular formula is C20H26O6. The monoisotopic (exact) mass is 362 g/mol. The maximum atomic E-state index is 11.5. The predicted molar refractivity (Wildman–Crippen MR) is 98.8 cm³/mol. The van der Waals surface area contributed by atoms with Gasteiger partial charge in [-0.25, -0.2) is 4.79 Å². The molecule has 0 saturated carbocycles. The Morgan fingerprint density at radius 3 is 2.23 bits per heavy atom. The smallest absolute Gasteiger partial charge is 0.339 e. The second-order valence-electron chi connectivity index (χ2n) is 6.53. The Bertz CT molecular complexity index is 739. The first-order chi connectivity index (χ1) is 12.1. The third-order valence-corrected chi connectivity index (χ3v) is 4.03. The summed E-state index contributed by atoms with van der Waals surface area (Å²) in [6.07, 6.45) is 5.49. The fraction of sp³-hybridized carbons (Fsp3) is 0.400. The number of aryl methyl sites for hydroxylation is 1. The van der Waals surface area contributed by atoms with Gasteiger partial charge in [0.05, 0.1) is 0 Å². The molecule has 1 aromatic carbocycles.